The summed E-state index contributed by atoms with van der Waals surface area (Å²) in [6.45, 7) is 0.843. The molecule has 9 nitrogen and oxygen atoms in total. The first-order valence-electron chi connectivity index (χ1n) is 10.7. The van der Waals surface area contributed by atoms with Crippen molar-refractivity contribution in [2.24, 2.45) is 0 Å². The number of piperazine rings is 1. The van der Waals surface area contributed by atoms with Crippen LogP contribution in [0.2, 0.25) is 0 Å². The SMILES string of the molecule is COc1ccc(C(C#N)(OC(=O)C(F)(F)F)N2CCNCC2)c2ccn(S(=O)(=O)c3ccccc3)c12. The third-order valence-corrected chi connectivity index (χ3v) is 7.54. The molecule has 1 N–H and O–H groups in total. The van der Waals surface area contributed by atoms with Crippen molar-refractivity contribution in [3.63, 3.8) is 0 Å². The lowest BCUT2D eigenvalue weighted by molar-refractivity contribution is -0.225. The molecule has 0 spiro atoms. The largest absolute Gasteiger partial charge is 0.495 e. The Balaban J connectivity index is 1.99. The first-order valence-corrected chi connectivity index (χ1v) is 12.2. The van der Waals surface area contributed by atoms with Crippen LogP contribution in [0, 0.1) is 11.3 Å². The zero-order chi connectivity index (χ0) is 26.1. The fourth-order valence-electron chi connectivity index (χ4n) is 4.18. The van der Waals surface area contributed by atoms with Gasteiger partial charge in [0, 0.05) is 43.3 Å². The molecule has 3 aromatic rings. The molecule has 1 unspecified atom stereocenters. The molecule has 0 amide bonds. The Labute approximate surface area is 204 Å². The predicted molar refractivity (Wildman–Crippen MR) is 121 cm³/mol. The normalized spacial score (nSPS) is 16.8. The average molecular weight is 523 g/mol. The Hall–Kier alpha value is -3.60. The molecule has 1 aromatic heterocycles. The van der Waals surface area contributed by atoms with Crippen LogP contribution in [-0.4, -0.2) is 62.7 Å². The second kappa shape index (κ2) is 9.45. The maximum Gasteiger partial charge on any atom is 0.491 e. The second-order valence-electron chi connectivity index (χ2n) is 7.89. The number of rotatable bonds is 6. The standard InChI is InChI=1S/C23H21F3N4O5S/c1-34-19-8-7-18(17-9-12-30(20(17)19)36(32,33)16-5-3-2-4-6-16)22(15-27,29-13-10-28-11-14-29)35-21(31)23(24,25)26/h2-9,12,28H,10-11,13-14H2,1H3. The molecule has 4 rings (SSSR count). The summed E-state index contributed by atoms with van der Waals surface area (Å²) in [5.41, 5.74) is -2.62. The molecule has 1 saturated heterocycles. The number of aromatic nitrogens is 1. The zero-order valence-electron chi connectivity index (χ0n) is 18.9. The summed E-state index contributed by atoms with van der Waals surface area (Å²) >= 11 is 0. The van der Waals surface area contributed by atoms with Crippen LogP contribution in [0.3, 0.4) is 0 Å². The van der Waals surface area contributed by atoms with E-state index >= 15 is 0 Å². The molecule has 0 bridgehead atoms. The van der Waals surface area contributed by atoms with Crippen molar-refractivity contribution >= 4 is 26.9 Å². The van der Waals surface area contributed by atoms with E-state index < -0.39 is 27.9 Å². The van der Waals surface area contributed by atoms with Gasteiger partial charge in [0.1, 0.15) is 17.3 Å². The molecule has 2 heterocycles. The molecule has 13 heteroatoms. The number of alkyl halides is 3. The highest BCUT2D eigenvalue weighted by Crippen LogP contribution is 2.41. The van der Waals surface area contributed by atoms with Gasteiger partial charge in [0.25, 0.3) is 15.7 Å². The molecular formula is C23H21F3N4O5S. The highest BCUT2D eigenvalue weighted by atomic mass is 32.2. The van der Waals surface area contributed by atoms with E-state index in [0.717, 1.165) is 3.97 Å². The number of carbonyl (C=O) groups is 1. The second-order valence-corrected chi connectivity index (χ2v) is 9.70. The number of fused-ring (bicyclic) bond motifs is 1. The number of nitrogens with one attached hydrogen (secondary N) is 1. The van der Waals surface area contributed by atoms with Gasteiger partial charge in [-0.25, -0.2) is 22.1 Å². The van der Waals surface area contributed by atoms with Gasteiger partial charge in [-0.05, 0) is 30.3 Å². The van der Waals surface area contributed by atoms with Crippen LogP contribution >= 0.6 is 0 Å². The Kier molecular flexibility index (Phi) is 6.70. The Morgan fingerprint density at radius 1 is 1.08 bits per heavy atom. The van der Waals surface area contributed by atoms with Gasteiger partial charge in [-0.3, -0.25) is 0 Å². The van der Waals surface area contributed by atoms with Crippen molar-refractivity contribution in [1.82, 2.24) is 14.2 Å². The molecule has 0 saturated carbocycles. The molecule has 1 atom stereocenters. The van der Waals surface area contributed by atoms with E-state index in [-0.39, 0.29) is 40.2 Å². The van der Waals surface area contributed by atoms with Gasteiger partial charge in [0.05, 0.1) is 12.0 Å². The van der Waals surface area contributed by atoms with Crippen LogP contribution in [-0.2, 0) is 25.3 Å². The van der Waals surface area contributed by atoms with Crippen LogP contribution < -0.4 is 10.1 Å². The van der Waals surface area contributed by atoms with Gasteiger partial charge in [-0.1, -0.05) is 18.2 Å². The van der Waals surface area contributed by atoms with Crippen molar-refractivity contribution in [1.29, 1.82) is 5.26 Å². The van der Waals surface area contributed by atoms with Crippen LogP contribution in [0.4, 0.5) is 13.2 Å². The van der Waals surface area contributed by atoms with E-state index in [1.807, 2.05) is 0 Å². The molecule has 36 heavy (non-hydrogen) atoms. The van der Waals surface area contributed by atoms with Crippen LogP contribution in [0.15, 0.2) is 59.6 Å². The lowest BCUT2D eigenvalue weighted by atomic mass is 9.96. The van der Waals surface area contributed by atoms with Gasteiger partial charge in [-0.15, -0.1) is 0 Å². The third kappa shape index (κ3) is 4.27. The molecule has 2 aromatic carbocycles. The molecule has 1 aliphatic heterocycles. The number of nitrogens with zero attached hydrogens (tertiary/aromatic N) is 3. The van der Waals surface area contributed by atoms with Crippen molar-refractivity contribution < 1.29 is 35.9 Å². The first-order chi connectivity index (χ1) is 17.1. The van der Waals surface area contributed by atoms with Crippen molar-refractivity contribution in [2.45, 2.75) is 16.8 Å². The number of hydrogen-bond acceptors (Lipinski definition) is 8. The predicted octanol–water partition coefficient (Wildman–Crippen LogP) is 2.57. The summed E-state index contributed by atoms with van der Waals surface area (Å²) in [5.74, 6) is -2.45. The van der Waals surface area contributed by atoms with E-state index in [1.54, 1.807) is 24.3 Å². The molecule has 1 fully saturated rings. The minimum absolute atomic E-state index is 0.0170. The van der Waals surface area contributed by atoms with Gasteiger partial charge in [0.2, 0.25) is 0 Å². The quantitative estimate of drug-likeness (QED) is 0.492. The summed E-state index contributed by atoms with van der Waals surface area (Å²) in [6, 6.07) is 13.3. The summed E-state index contributed by atoms with van der Waals surface area (Å²) in [6.07, 6.45) is -4.14. The maximum atomic E-state index is 13.4. The highest BCUT2D eigenvalue weighted by Gasteiger charge is 2.51. The molecule has 1 aliphatic rings. The lowest BCUT2D eigenvalue weighted by Gasteiger charge is -2.40. The number of halogens is 3. The van der Waals surface area contributed by atoms with Crippen LogP contribution in [0.1, 0.15) is 5.56 Å². The Morgan fingerprint density at radius 3 is 2.33 bits per heavy atom. The van der Waals surface area contributed by atoms with Gasteiger partial charge in [0.15, 0.2) is 0 Å². The van der Waals surface area contributed by atoms with Crippen molar-refractivity contribution in [3.05, 3.63) is 60.3 Å². The number of ether oxygens (including phenoxy) is 2. The van der Waals surface area contributed by atoms with Crippen molar-refractivity contribution in [3.8, 4) is 11.8 Å². The zero-order valence-corrected chi connectivity index (χ0v) is 19.8. The van der Waals surface area contributed by atoms with Crippen LogP contribution in [0.5, 0.6) is 5.75 Å². The molecule has 0 aliphatic carbocycles. The van der Waals surface area contributed by atoms with E-state index in [1.165, 1.54) is 48.5 Å². The van der Waals surface area contributed by atoms with E-state index in [0.29, 0.717) is 13.1 Å². The minimum Gasteiger partial charge on any atom is -0.495 e. The number of esters is 1. The fraction of sp³-hybridized carbons (Fsp3) is 0.304. The van der Waals surface area contributed by atoms with Crippen molar-refractivity contribution in [2.75, 3.05) is 33.3 Å². The van der Waals surface area contributed by atoms with Crippen LogP contribution in [0.25, 0.3) is 10.9 Å². The van der Waals surface area contributed by atoms with Gasteiger partial charge >= 0.3 is 12.1 Å². The summed E-state index contributed by atoms with van der Waals surface area (Å²) in [4.78, 5) is 13.3. The number of hydrogen-bond donors (Lipinski definition) is 1. The van der Waals surface area contributed by atoms with E-state index in [4.69, 9.17) is 9.47 Å². The Bertz CT molecular complexity index is 1430. The van der Waals surface area contributed by atoms with E-state index in [9.17, 15) is 31.6 Å². The number of carbonyl (C=O) groups excluding carboxylic acids is 1. The number of benzene rings is 2. The summed E-state index contributed by atoms with van der Waals surface area (Å²) in [7, 11) is -2.85. The maximum absolute atomic E-state index is 13.4. The minimum atomic E-state index is -5.36. The van der Waals surface area contributed by atoms with Gasteiger partial charge < -0.3 is 14.8 Å². The number of nitriles is 1. The third-order valence-electron chi connectivity index (χ3n) is 5.85. The fourth-order valence-corrected chi connectivity index (χ4v) is 5.56. The highest BCUT2D eigenvalue weighted by molar-refractivity contribution is 7.90. The monoisotopic (exact) mass is 522 g/mol. The lowest BCUT2D eigenvalue weighted by Crippen LogP contribution is -2.56. The molecular weight excluding hydrogens is 501 g/mol. The number of methoxy groups -OCH3 is 1. The Morgan fingerprint density at radius 2 is 1.75 bits per heavy atom. The summed E-state index contributed by atoms with van der Waals surface area (Å²) in [5, 5.41) is 13.3. The average Bonchev–Trinajstić information content (AvgIpc) is 3.33. The topological polar surface area (TPSA) is 114 Å². The first kappa shape index (κ1) is 25.5. The van der Waals surface area contributed by atoms with E-state index in [2.05, 4.69) is 5.32 Å². The molecule has 0 radical (unpaired) electrons. The summed E-state index contributed by atoms with van der Waals surface area (Å²) < 4.78 is 77.8. The smallest absolute Gasteiger partial charge is 0.491 e. The van der Waals surface area contributed by atoms with Gasteiger partial charge in [-0.2, -0.15) is 18.4 Å². The molecule has 190 valence electrons.